The minimum absolute atomic E-state index is 0.00375. The largest absolute Gasteiger partial charge is 0.338 e. The predicted molar refractivity (Wildman–Crippen MR) is 94.8 cm³/mol. The summed E-state index contributed by atoms with van der Waals surface area (Å²) in [6.45, 7) is 2.58. The number of hydrogen-bond acceptors (Lipinski definition) is 4. The van der Waals surface area contributed by atoms with Crippen LogP contribution in [0.25, 0.3) is 0 Å². The van der Waals surface area contributed by atoms with Crippen molar-refractivity contribution in [3.8, 4) is 0 Å². The van der Waals surface area contributed by atoms with Gasteiger partial charge in [0.15, 0.2) is 6.04 Å². The number of aryl methyl sites for hydroxylation is 1. The van der Waals surface area contributed by atoms with E-state index in [4.69, 9.17) is 0 Å². The fourth-order valence-corrected chi connectivity index (χ4v) is 3.33. The molecule has 0 N–H and O–H groups in total. The molecule has 24 heavy (non-hydrogen) atoms. The van der Waals surface area contributed by atoms with Crippen molar-refractivity contribution in [2.45, 2.75) is 25.9 Å². The number of hydrogen-bond donors (Lipinski definition) is 0. The molecular weight excluding hydrogens is 320 g/mol. The topological polar surface area (TPSA) is 51.0 Å². The van der Waals surface area contributed by atoms with Crippen molar-refractivity contribution in [1.82, 2.24) is 19.7 Å². The number of nitrogens with zero attached hydrogens (tertiary/aromatic N) is 4. The third-order valence-corrected chi connectivity index (χ3v) is 4.86. The van der Waals surface area contributed by atoms with E-state index < -0.39 is 6.04 Å². The van der Waals surface area contributed by atoms with Gasteiger partial charge in [0.1, 0.15) is 0 Å². The molecule has 0 bridgehead atoms. The highest BCUT2D eigenvalue weighted by atomic mass is 32.1. The van der Waals surface area contributed by atoms with Crippen LogP contribution in [0.1, 0.15) is 29.2 Å². The standard InChI is InChI=1S/C18H20N4OS/c1-3-16-20-15(13-24-16)12-21(2)18(23)17(22-11-7-10-19-22)14-8-5-4-6-9-14/h4-11,13,17H,3,12H2,1-2H3/t17-/m0/s1. The molecule has 5 nitrogen and oxygen atoms in total. The van der Waals surface area contributed by atoms with Crippen LogP contribution < -0.4 is 0 Å². The summed E-state index contributed by atoms with van der Waals surface area (Å²) in [4.78, 5) is 19.3. The van der Waals surface area contributed by atoms with E-state index in [1.807, 2.05) is 55.0 Å². The van der Waals surface area contributed by atoms with Gasteiger partial charge >= 0.3 is 0 Å². The fraction of sp³-hybridized carbons (Fsp3) is 0.278. The summed E-state index contributed by atoms with van der Waals surface area (Å²) in [7, 11) is 1.81. The molecule has 0 fully saturated rings. The summed E-state index contributed by atoms with van der Waals surface area (Å²) >= 11 is 1.64. The molecule has 0 saturated carbocycles. The van der Waals surface area contributed by atoms with E-state index in [0.717, 1.165) is 22.7 Å². The molecule has 6 heteroatoms. The lowest BCUT2D eigenvalue weighted by molar-refractivity contribution is -0.133. The van der Waals surface area contributed by atoms with Gasteiger partial charge in [-0.2, -0.15) is 5.10 Å². The molecule has 1 aromatic carbocycles. The molecule has 0 aliphatic rings. The Balaban J connectivity index is 1.83. The van der Waals surface area contributed by atoms with Crippen molar-refractivity contribution in [3.63, 3.8) is 0 Å². The van der Waals surface area contributed by atoms with Crippen molar-refractivity contribution >= 4 is 17.2 Å². The molecular formula is C18H20N4OS. The highest BCUT2D eigenvalue weighted by molar-refractivity contribution is 7.09. The van der Waals surface area contributed by atoms with E-state index in [1.54, 1.807) is 27.1 Å². The zero-order valence-corrected chi connectivity index (χ0v) is 14.6. The summed E-state index contributed by atoms with van der Waals surface area (Å²) in [5.74, 6) is -0.00375. The third-order valence-electron chi connectivity index (χ3n) is 3.82. The maximum absolute atomic E-state index is 13.1. The van der Waals surface area contributed by atoms with Crippen LogP contribution in [0.4, 0.5) is 0 Å². The first kappa shape index (κ1) is 16.4. The maximum atomic E-state index is 13.1. The van der Waals surface area contributed by atoms with Gasteiger partial charge in [0, 0.05) is 24.8 Å². The van der Waals surface area contributed by atoms with E-state index in [9.17, 15) is 4.79 Å². The molecule has 3 aromatic rings. The molecule has 0 unspecified atom stereocenters. The Kier molecular flexibility index (Phi) is 5.05. The zero-order valence-electron chi connectivity index (χ0n) is 13.8. The molecule has 1 atom stereocenters. The average Bonchev–Trinajstić information content (AvgIpc) is 3.28. The van der Waals surface area contributed by atoms with Crippen LogP contribution in [0.3, 0.4) is 0 Å². The van der Waals surface area contributed by atoms with Crippen LogP contribution in [-0.4, -0.2) is 32.6 Å². The Morgan fingerprint density at radius 1 is 1.29 bits per heavy atom. The van der Waals surface area contributed by atoms with Crippen LogP contribution in [0.2, 0.25) is 0 Å². The van der Waals surface area contributed by atoms with Gasteiger partial charge in [-0.15, -0.1) is 11.3 Å². The fourth-order valence-electron chi connectivity index (χ4n) is 2.59. The SMILES string of the molecule is CCc1nc(CN(C)C(=O)[C@H](c2ccccc2)n2cccn2)cs1. The molecule has 0 saturated heterocycles. The van der Waals surface area contributed by atoms with Gasteiger partial charge < -0.3 is 4.90 Å². The minimum Gasteiger partial charge on any atom is -0.338 e. The van der Waals surface area contributed by atoms with Gasteiger partial charge in [-0.25, -0.2) is 4.98 Å². The minimum atomic E-state index is -0.463. The lowest BCUT2D eigenvalue weighted by Gasteiger charge is -2.24. The molecule has 0 aliphatic carbocycles. The first-order valence-electron chi connectivity index (χ1n) is 7.91. The summed E-state index contributed by atoms with van der Waals surface area (Å²) in [6.07, 6.45) is 4.43. The second-order valence-electron chi connectivity index (χ2n) is 5.58. The van der Waals surface area contributed by atoms with Crippen molar-refractivity contribution in [2.24, 2.45) is 0 Å². The molecule has 0 radical (unpaired) electrons. The van der Waals surface area contributed by atoms with Crippen molar-refractivity contribution in [3.05, 3.63) is 70.4 Å². The van der Waals surface area contributed by atoms with Crippen LogP contribution in [0, 0.1) is 0 Å². The number of thiazole rings is 1. The highest BCUT2D eigenvalue weighted by Crippen LogP contribution is 2.21. The van der Waals surface area contributed by atoms with Gasteiger partial charge in [-0.3, -0.25) is 9.48 Å². The smallest absolute Gasteiger partial charge is 0.252 e. The Hall–Kier alpha value is -2.47. The highest BCUT2D eigenvalue weighted by Gasteiger charge is 2.26. The molecule has 2 aromatic heterocycles. The average molecular weight is 340 g/mol. The third kappa shape index (κ3) is 3.54. The molecule has 124 valence electrons. The van der Waals surface area contributed by atoms with Crippen molar-refractivity contribution in [2.75, 3.05) is 7.05 Å². The lowest BCUT2D eigenvalue weighted by Crippen LogP contribution is -2.35. The Morgan fingerprint density at radius 3 is 2.71 bits per heavy atom. The molecule has 3 rings (SSSR count). The molecule has 0 spiro atoms. The van der Waals surface area contributed by atoms with E-state index >= 15 is 0 Å². The number of benzene rings is 1. The van der Waals surface area contributed by atoms with Crippen LogP contribution >= 0.6 is 11.3 Å². The lowest BCUT2D eigenvalue weighted by atomic mass is 10.1. The second-order valence-corrected chi connectivity index (χ2v) is 6.52. The Labute approximate surface area is 145 Å². The number of carbonyl (C=O) groups excluding carboxylic acids is 1. The Bertz CT molecular complexity index is 782. The summed E-state index contributed by atoms with van der Waals surface area (Å²) < 4.78 is 1.70. The van der Waals surface area contributed by atoms with Crippen LogP contribution in [-0.2, 0) is 17.8 Å². The first-order chi connectivity index (χ1) is 11.7. The number of likely N-dealkylation sites (N-methyl/N-ethyl adjacent to an activating group) is 1. The van der Waals surface area contributed by atoms with Gasteiger partial charge in [-0.05, 0) is 18.1 Å². The van der Waals surface area contributed by atoms with Crippen LogP contribution in [0.5, 0.6) is 0 Å². The van der Waals surface area contributed by atoms with Crippen molar-refractivity contribution < 1.29 is 4.79 Å². The second kappa shape index (κ2) is 7.40. The summed E-state index contributed by atoms with van der Waals surface area (Å²) in [6, 6.07) is 11.1. The monoisotopic (exact) mass is 340 g/mol. The Morgan fingerprint density at radius 2 is 2.08 bits per heavy atom. The van der Waals surface area contributed by atoms with E-state index in [0.29, 0.717) is 6.54 Å². The molecule has 0 aliphatic heterocycles. The van der Waals surface area contributed by atoms with Crippen LogP contribution in [0.15, 0.2) is 54.2 Å². The first-order valence-corrected chi connectivity index (χ1v) is 8.79. The molecule has 2 heterocycles. The predicted octanol–water partition coefficient (Wildman–Crippen LogP) is 3.15. The number of aromatic nitrogens is 3. The van der Waals surface area contributed by atoms with Crippen molar-refractivity contribution in [1.29, 1.82) is 0 Å². The molecule has 1 amide bonds. The van der Waals surface area contributed by atoms with E-state index in [1.165, 1.54) is 0 Å². The number of rotatable bonds is 6. The number of carbonyl (C=O) groups is 1. The van der Waals surface area contributed by atoms with Gasteiger partial charge in [-0.1, -0.05) is 37.3 Å². The van der Waals surface area contributed by atoms with E-state index in [2.05, 4.69) is 17.0 Å². The zero-order chi connectivity index (χ0) is 16.9. The van der Waals surface area contributed by atoms with Gasteiger partial charge in [0.05, 0.1) is 17.2 Å². The van der Waals surface area contributed by atoms with E-state index in [-0.39, 0.29) is 5.91 Å². The summed E-state index contributed by atoms with van der Waals surface area (Å²) in [5, 5.41) is 7.39. The summed E-state index contributed by atoms with van der Waals surface area (Å²) in [5.41, 5.74) is 1.85. The van der Waals surface area contributed by atoms with Gasteiger partial charge in [0.25, 0.3) is 5.91 Å². The normalized spacial score (nSPS) is 12.1. The van der Waals surface area contributed by atoms with Gasteiger partial charge in [0.2, 0.25) is 0 Å². The maximum Gasteiger partial charge on any atom is 0.252 e. The number of amides is 1. The quantitative estimate of drug-likeness (QED) is 0.693.